The van der Waals surface area contributed by atoms with Gasteiger partial charge in [-0.3, -0.25) is 14.6 Å². The number of carboxylic acid groups (broad SMARTS) is 1. The zero-order valence-electron chi connectivity index (χ0n) is 45.2. The van der Waals surface area contributed by atoms with Crippen molar-refractivity contribution in [3.8, 4) is 0 Å². The van der Waals surface area contributed by atoms with E-state index >= 15 is 0 Å². The van der Waals surface area contributed by atoms with Gasteiger partial charge in [-0.2, -0.15) is 0 Å². The highest BCUT2D eigenvalue weighted by molar-refractivity contribution is 5.90. The molecule has 0 aromatic carbocycles. The lowest BCUT2D eigenvalue weighted by atomic mass is 9.84. The SMILES string of the molecule is CN=C(N)NCCC/C=C/CCC[C@H](C)[C@H]1OC(=O)/C=C\C=C\[C@@H](C)[C@H](O)C[C@H](O)[C@@H](C)[C@H](O)CC[C@H](C)[C@H](O)C[C@@]2(O)O[C@H](C[C@@H](OC(=O)CC(=O)O)C[C@@H](O)C[C@@H](O)C[C@H](O)/C(C)=C/C=C/[C@@H]1C)C[C@H](O)[C@H]2O. The average Bonchev–Trinajstić information content (AvgIpc) is 3.33. The lowest BCUT2D eigenvalue weighted by Crippen LogP contribution is -2.60. The maximum absolute atomic E-state index is 13.3. The van der Waals surface area contributed by atoms with Crippen LogP contribution >= 0.6 is 0 Å². The first-order valence-corrected chi connectivity index (χ1v) is 26.7. The molecule has 2 aliphatic heterocycles. The number of fused-ring (bicyclic) bond motifs is 2. The van der Waals surface area contributed by atoms with Gasteiger partial charge in [-0.05, 0) is 75.7 Å². The van der Waals surface area contributed by atoms with Gasteiger partial charge in [0.25, 0.3) is 0 Å². The second-order valence-electron chi connectivity index (χ2n) is 21.1. The molecule has 430 valence electrons. The predicted molar refractivity (Wildman–Crippen MR) is 282 cm³/mol. The Morgan fingerprint density at radius 1 is 0.827 bits per heavy atom. The number of esters is 2. The minimum absolute atomic E-state index is 0.0591. The number of nitrogens with two attached hydrogens (primary N) is 1. The van der Waals surface area contributed by atoms with Gasteiger partial charge in [0.15, 0.2) is 11.7 Å². The van der Waals surface area contributed by atoms with Crippen LogP contribution in [0.3, 0.4) is 0 Å². The number of aliphatic carboxylic acids is 1. The number of allylic oxidation sites excluding steroid dienone is 6. The molecule has 0 aromatic rings. The normalized spacial score (nSPS) is 37.9. The van der Waals surface area contributed by atoms with Crippen LogP contribution in [0.15, 0.2) is 65.2 Å². The monoisotopic (exact) mass is 1070 g/mol. The van der Waals surface area contributed by atoms with Crippen molar-refractivity contribution in [3.05, 3.63) is 60.3 Å². The Morgan fingerprint density at radius 3 is 2.15 bits per heavy atom. The smallest absolute Gasteiger partial charge is 0.331 e. The molecule has 2 rings (SSSR count). The number of carbonyl (C=O) groups excluding carboxylic acids is 2. The third-order valence-corrected chi connectivity index (χ3v) is 14.5. The van der Waals surface area contributed by atoms with Crippen LogP contribution in [-0.4, -0.2) is 173 Å². The summed E-state index contributed by atoms with van der Waals surface area (Å²) in [5.74, 6) is -7.44. The fourth-order valence-electron chi connectivity index (χ4n) is 9.32. The summed E-state index contributed by atoms with van der Waals surface area (Å²) in [5, 5.41) is 123. The number of hydrogen-bond donors (Lipinski definition) is 13. The number of aliphatic imine (C=N–C) groups is 1. The maximum atomic E-state index is 13.3. The number of aliphatic hydroxyl groups excluding tert-OH is 9. The molecule has 20 heteroatoms. The van der Waals surface area contributed by atoms with E-state index in [1.165, 1.54) is 12.2 Å². The average molecular weight is 1070 g/mol. The molecule has 0 aliphatic carbocycles. The number of unbranched alkanes of at least 4 members (excludes halogenated alkanes) is 2. The first-order chi connectivity index (χ1) is 35.3. The molecule has 0 spiro atoms. The van der Waals surface area contributed by atoms with E-state index in [0.717, 1.165) is 32.1 Å². The Balaban J connectivity index is 2.40. The van der Waals surface area contributed by atoms with Gasteiger partial charge in [0.05, 0.1) is 54.9 Å². The standard InChI is InChI=1S/C55H93N3O17/c1-33-17-13-14-21-50(69)74-52(36(4)18-12-10-8-9-11-15-24-58-54(56)57-7)37(5)20-16-19-34(2)44(62)27-40(60)25-39(59)26-41(73-51(70)31-49(67)68)28-42-29-47(65)53(71)55(72,75-42)32-48(66)35(3)22-23-43(61)38(6)46(64)30-45(33)63/h8-9,13-14,16-17,19-21,33,35-48,52-53,59-66,71-72H,10-12,15,18,22-32H2,1-7H3,(H,67,68)(H3,56,57,58)/b9-8+,17-13+,20-16+,21-14-,34-19+/t33-,35+,36+,37+,38+,39+,40-,41+,42-,43-,44+,45-,46+,47+,48-,52-,53-,55-/m1/s1. The van der Waals surface area contributed by atoms with Crippen LogP contribution in [0.25, 0.3) is 0 Å². The molecular formula is C55H93N3O17. The van der Waals surface area contributed by atoms with Crippen LogP contribution in [-0.2, 0) is 28.6 Å². The number of cyclic esters (lactones) is 1. The summed E-state index contributed by atoms with van der Waals surface area (Å²) in [4.78, 5) is 41.1. The van der Waals surface area contributed by atoms with Gasteiger partial charge in [0, 0.05) is 75.9 Å². The van der Waals surface area contributed by atoms with Crippen molar-refractivity contribution >= 4 is 23.9 Å². The third-order valence-electron chi connectivity index (χ3n) is 14.5. The molecule has 0 saturated carbocycles. The van der Waals surface area contributed by atoms with Gasteiger partial charge < -0.3 is 81.4 Å². The number of aliphatic hydroxyl groups is 10. The molecule has 1 saturated heterocycles. The number of hydrogen-bond acceptors (Lipinski definition) is 17. The highest BCUT2D eigenvalue weighted by atomic mass is 16.7. The van der Waals surface area contributed by atoms with E-state index in [-0.39, 0.29) is 63.2 Å². The molecule has 0 amide bonds. The summed E-state index contributed by atoms with van der Waals surface area (Å²) in [6.07, 6.45) is 2.20. The van der Waals surface area contributed by atoms with Gasteiger partial charge in [0.2, 0.25) is 0 Å². The summed E-state index contributed by atoms with van der Waals surface area (Å²) < 4.78 is 17.3. The van der Waals surface area contributed by atoms with E-state index in [9.17, 15) is 70.6 Å². The number of nitrogens with one attached hydrogen (secondary N) is 1. The number of guanidine groups is 1. The molecular weight excluding hydrogens is 975 g/mol. The van der Waals surface area contributed by atoms with Crippen molar-refractivity contribution in [1.29, 1.82) is 0 Å². The van der Waals surface area contributed by atoms with E-state index < -0.39 is 128 Å². The van der Waals surface area contributed by atoms with Crippen LogP contribution in [0.4, 0.5) is 0 Å². The lowest BCUT2D eigenvalue weighted by Gasteiger charge is -2.45. The summed E-state index contributed by atoms with van der Waals surface area (Å²) in [7, 11) is 1.62. The van der Waals surface area contributed by atoms with E-state index in [1.54, 1.807) is 59.0 Å². The summed E-state index contributed by atoms with van der Waals surface area (Å²) >= 11 is 0. The van der Waals surface area contributed by atoms with E-state index in [4.69, 9.17) is 19.9 Å². The van der Waals surface area contributed by atoms with Gasteiger partial charge >= 0.3 is 17.9 Å². The van der Waals surface area contributed by atoms with Crippen molar-refractivity contribution in [1.82, 2.24) is 5.32 Å². The van der Waals surface area contributed by atoms with Crippen molar-refractivity contribution < 1.29 is 84.8 Å². The lowest BCUT2D eigenvalue weighted by molar-refractivity contribution is -0.333. The highest BCUT2D eigenvalue weighted by Gasteiger charge is 2.50. The van der Waals surface area contributed by atoms with E-state index in [1.807, 2.05) is 19.9 Å². The fraction of sp³-hybridized carbons (Fsp3) is 0.745. The van der Waals surface area contributed by atoms with Crippen molar-refractivity contribution in [3.63, 3.8) is 0 Å². The van der Waals surface area contributed by atoms with Gasteiger partial charge in [-0.15, -0.1) is 0 Å². The molecule has 2 bridgehead atoms. The van der Waals surface area contributed by atoms with Crippen molar-refractivity contribution in [2.75, 3.05) is 13.6 Å². The number of rotatable bonds is 12. The zero-order chi connectivity index (χ0) is 56.4. The zero-order valence-corrected chi connectivity index (χ0v) is 45.2. The first-order valence-electron chi connectivity index (χ1n) is 26.7. The van der Waals surface area contributed by atoms with E-state index in [0.29, 0.717) is 18.1 Å². The molecule has 2 aliphatic rings. The minimum atomic E-state index is -2.52. The highest BCUT2D eigenvalue weighted by Crippen LogP contribution is 2.36. The Bertz CT molecular complexity index is 1880. The van der Waals surface area contributed by atoms with Crippen LogP contribution in [0.1, 0.15) is 138 Å². The topological polar surface area (TPSA) is 352 Å². The quantitative estimate of drug-likeness (QED) is 0.0334. The number of carbonyl (C=O) groups is 3. The fourth-order valence-corrected chi connectivity index (χ4v) is 9.32. The van der Waals surface area contributed by atoms with Crippen molar-refractivity contribution in [2.24, 2.45) is 40.3 Å². The number of carboxylic acids is 1. The number of ether oxygens (including phenoxy) is 3. The predicted octanol–water partition coefficient (Wildman–Crippen LogP) is 2.98. The van der Waals surface area contributed by atoms with Gasteiger partial charge in [-0.25, -0.2) is 4.79 Å². The molecule has 0 unspecified atom stereocenters. The largest absolute Gasteiger partial charge is 0.481 e. The maximum Gasteiger partial charge on any atom is 0.331 e. The second kappa shape index (κ2) is 34.7. The molecule has 18 atom stereocenters. The Kier molecular flexibility index (Phi) is 31.0. The minimum Gasteiger partial charge on any atom is -0.481 e. The first kappa shape index (κ1) is 67.1. The second-order valence-corrected chi connectivity index (χ2v) is 21.1. The summed E-state index contributed by atoms with van der Waals surface area (Å²) in [6, 6.07) is 0. The molecule has 0 radical (unpaired) electrons. The molecule has 20 nitrogen and oxygen atoms in total. The molecule has 14 N–H and O–H groups in total. The van der Waals surface area contributed by atoms with Gasteiger partial charge in [0.1, 0.15) is 24.7 Å². The van der Waals surface area contributed by atoms with Crippen LogP contribution in [0, 0.1) is 29.6 Å². The van der Waals surface area contributed by atoms with Crippen molar-refractivity contribution in [2.45, 2.75) is 217 Å². The van der Waals surface area contributed by atoms with Crippen LogP contribution in [0.5, 0.6) is 0 Å². The summed E-state index contributed by atoms with van der Waals surface area (Å²) in [5.41, 5.74) is 6.16. The third kappa shape index (κ3) is 25.8. The van der Waals surface area contributed by atoms with Gasteiger partial charge in [-0.1, -0.05) is 83.2 Å². The summed E-state index contributed by atoms with van der Waals surface area (Å²) in [6.45, 7) is 11.3. The number of nitrogens with zero attached hydrogens (tertiary/aromatic N) is 1. The van der Waals surface area contributed by atoms with Crippen LogP contribution < -0.4 is 11.1 Å². The van der Waals surface area contributed by atoms with E-state index in [2.05, 4.69) is 22.5 Å². The molecule has 2 heterocycles. The Labute approximate surface area is 443 Å². The van der Waals surface area contributed by atoms with Crippen LogP contribution in [0.2, 0.25) is 0 Å². The molecule has 1 fully saturated rings. The molecule has 75 heavy (non-hydrogen) atoms. The Morgan fingerprint density at radius 2 is 1.48 bits per heavy atom. The molecule has 0 aromatic heterocycles. The Hall–Kier alpha value is -4.06.